The number of halogens is 1. The van der Waals surface area contributed by atoms with Crippen molar-refractivity contribution in [2.75, 3.05) is 26.1 Å². The summed E-state index contributed by atoms with van der Waals surface area (Å²) in [6.07, 6.45) is 3.12. The minimum atomic E-state index is -0.101. The minimum Gasteiger partial charge on any atom is -0.493 e. The SMILES string of the molecule is COc1cc(C)c(NC(=O)[C@H]2CCCCN2)cc1OC.Cl. The number of amides is 1. The molecule has 1 heterocycles. The van der Waals surface area contributed by atoms with Crippen molar-refractivity contribution in [1.29, 1.82) is 0 Å². The standard InChI is InChI=1S/C15H22N2O3.ClH/c1-10-8-13(19-2)14(20-3)9-12(10)17-15(18)11-6-4-5-7-16-11;/h8-9,11,16H,4-7H2,1-3H3,(H,17,18);1H/t11-;/m1./s1. The van der Waals surface area contributed by atoms with Crippen LogP contribution in [0.1, 0.15) is 24.8 Å². The molecule has 1 amide bonds. The Balaban J connectivity index is 0.00000220. The van der Waals surface area contributed by atoms with Crippen LogP contribution in [-0.2, 0) is 4.79 Å². The van der Waals surface area contributed by atoms with Gasteiger partial charge in [0.25, 0.3) is 0 Å². The third kappa shape index (κ3) is 4.25. The molecule has 1 saturated heterocycles. The van der Waals surface area contributed by atoms with E-state index in [9.17, 15) is 4.79 Å². The molecule has 0 unspecified atom stereocenters. The van der Waals surface area contributed by atoms with E-state index in [0.29, 0.717) is 11.5 Å². The van der Waals surface area contributed by atoms with Crippen molar-refractivity contribution in [2.24, 2.45) is 0 Å². The number of rotatable bonds is 4. The average molecular weight is 315 g/mol. The molecule has 0 radical (unpaired) electrons. The maximum atomic E-state index is 12.2. The zero-order chi connectivity index (χ0) is 14.5. The molecule has 21 heavy (non-hydrogen) atoms. The van der Waals surface area contributed by atoms with E-state index in [0.717, 1.165) is 37.1 Å². The molecular weight excluding hydrogens is 292 g/mol. The fourth-order valence-electron chi connectivity index (χ4n) is 2.41. The van der Waals surface area contributed by atoms with Crippen molar-refractivity contribution in [3.05, 3.63) is 17.7 Å². The number of methoxy groups -OCH3 is 2. The fraction of sp³-hybridized carbons (Fsp3) is 0.533. The van der Waals surface area contributed by atoms with Gasteiger partial charge in [-0.2, -0.15) is 0 Å². The van der Waals surface area contributed by atoms with Crippen molar-refractivity contribution in [1.82, 2.24) is 5.32 Å². The predicted molar refractivity (Wildman–Crippen MR) is 85.8 cm³/mol. The third-order valence-corrected chi connectivity index (χ3v) is 3.62. The largest absolute Gasteiger partial charge is 0.493 e. The summed E-state index contributed by atoms with van der Waals surface area (Å²) in [5.41, 5.74) is 1.71. The molecule has 1 fully saturated rings. The molecule has 0 spiro atoms. The lowest BCUT2D eigenvalue weighted by Gasteiger charge is -2.23. The van der Waals surface area contributed by atoms with Crippen LogP contribution >= 0.6 is 12.4 Å². The quantitative estimate of drug-likeness (QED) is 0.896. The van der Waals surface area contributed by atoms with Crippen molar-refractivity contribution in [2.45, 2.75) is 32.2 Å². The van der Waals surface area contributed by atoms with Crippen LogP contribution in [0.2, 0.25) is 0 Å². The van der Waals surface area contributed by atoms with Gasteiger partial charge in [0, 0.05) is 11.8 Å². The van der Waals surface area contributed by atoms with Gasteiger partial charge in [-0.15, -0.1) is 12.4 Å². The number of hydrogen-bond acceptors (Lipinski definition) is 4. The van der Waals surface area contributed by atoms with Gasteiger partial charge in [0.2, 0.25) is 5.91 Å². The Labute approximate surface area is 131 Å². The minimum absolute atomic E-state index is 0. The normalized spacial score (nSPS) is 17.6. The van der Waals surface area contributed by atoms with Gasteiger partial charge >= 0.3 is 0 Å². The number of aryl methyl sites for hydroxylation is 1. The van der Waals surface area contributed by atoms with E-state index in [1.807, 2.05) is 13.0 Å². The number of anilines is 1. The summed E-state index contributed by atoms with van der Waals surface area (Å²) in [5, 5.41) is 6.21. The highest BCUT2D eigenvalue weighted by molar-refractivity contribution is 5.95. The van der Waals surface area contributed by atoms with Crippen LogP contribution in [0.15, 0.2) is 12.1 Å². The van der Waals surface area contributed by atoms with E-state index >= 15 is 0 Å². The van der Waals surface area contributed by atoms with Gasteiger partial charge in [-0.1, -0.05) is 6.42 Å². The molecule has 2 rings (SSSR count). The lowest BCUT2D eigenvalue weighted by Crippen LogP contribution is -2.43. The van der Waals surface area contributed by atoms with Gasteiger partial charge in [-0.05, 0) is 37.9 Å². The van der Waals surface area contributed by atoms with Gasteiger partial charge in [0.1, 0.15) is 0 Å². The number of carbonyl (C=O) groups is 1. The molecule has 1 aromatic rings. The molecule has 0 bridgehead atoms. The van der Waals surface area contributed by atoms with Crippen molar-refractivity contribution in [3.8, 4) is 11.5 Å². The first-order valence-electron chi connectivity index (χ1n) is 6.92. The molecule has 1 aliphatic rings. The van der Waals surface area contributed by atoms with Crippen LogP contribution in [0.25, 0.3) is 0 Å². The number of benzene rings is 1. The summed E-state index contributed by atoms with van der Waals surface area (Å²) in [4.78, 5) is 12.2. The number of carbonyl (C=O) groups excluding carboxylic acids is 1. The van der Waals surface area contributed by atoms with Gasteiger partial charge in [-0.25, -0.2) is 0 Å². The van der Waals surface area contributed by atoms with Crippen molar-refractivity contribution in [3.63, 3.8) is 0 Å². The van der Waals surface area contributed by atoms with Gasteiger partial charge < -0.3 is 20.1 Å². The zero-order valence-corrected chi connectivity index (χ0v) is 13.5. The molecule has 0 aromatic heterocycles. The van der Waals surface area contributed by atoms with Crippen LogP contribution in [0, 0.1) is 6.92 Å². The Kier molecular flexibility index (Phi) is 6.78. The number of nitrogens with one attached hydrogen (secondary N) is 2. The Hall–Kier alpha value is -1.46. The fourth-order valence-corrected chi connectivity index (χ4v) is 2.41. The maximum Gasteiger partial charge on any atom is 0.241 e. The Morgan fingerprint density at radius 2 is 1.90 bits per heavy atom. The van der Waals surface area contributed by atoms with E-state index in [1.54, 1.807) is 20.3 Å². The van der Waals surface area contributed by atoms with Crippen LogP contribution in [0.5, 0.6) is 11.5 Å². The van der Waals surface area contributed by atoms with E-state index in [2.05, 4.69) is 10.6 Å². The molecule has 118 valence electrons. The second-order valence-corrected chi connectivity index (χ2v) is 5.01. The first-order chi connectivity index (χ1) is 9.65. The molecule has 0 saturated carbocycles. The Bertz CT molecular complexity index is 488. The van der Waals surface area contributed by atoms with Crippen molar-refractivity contribution < 1.29 is 14.3 Å². The zero-order valence-electron chi connectivity index (χ0n) is 12.7. The lowest BCUT2D eigenvalue weighted by molar-refractivity contribution is -0.118. The summed E-state index contributed by atoms with van der Waals surface area (Å²) in [7, 11) is 3.18. The average Bonchev–Trinajstić information content (AvgIpc) is 2.49. The van der Waals surface area contributed by atoms with E-state index in [1.165, 1.54) is 0 Å². The molecule has 2 N–H and O–H groups in total. The smallest absolute Gasteiger partial charge is 0.241 e. The highest BCUT2D eigenvalue weighted by atomic mass is 35.5. The highest BCUT2D eigenvalue weighted by Crippen LogP contribution is 2.33. The highest BCUT2D eigenvalue weighted by Gasteiger charge is 2.21. The van der Waals surface area contributed by atoms with Crippen LogP contribution in [-0.4, -0.2) is 32.7 Å². The summed E-state index contributed by atoms with van der Waals surface area (Å²) in [6, 6.07) is 3.56. The predicted octanol–water partition coefficient (Wildman–Crippen LogP) is 2.51. The van der Waals surface area contributed by atoms with Crippen LogP contribution in [0.4, 0.5) is 5.69 Å². The number of hydrogen-bond donors (Lipinski definition) is 2. The summed E-state index contributed by atoms with van der Waals surface area (Å²) in [6.45, 7) is 2.84. The molecule has 6 heteroatoms. The number of piperidine rings is 1. The van der Waals surface area contributed by atoms with Crippen molar-refractivity contribution >= 4 is 24.0 Å². The third-order valence-electron chi connectivity index (χ3n) is 3.62. The summed E-state index contributed by atoms with van der Waals surface area (Å²) >= 11 is 0. The van der Waals surface area contributed by atoms with Gasteiger partial charge in [0.05, 0.1) is 20.3 Å². The second-order valence-electron chi connectivity index (χ2n) is 5.01. The molecule has 1 aliphatic heterocycles. The lowest BCUT2D eigenvalue weighted by atomic mass is 10.0. The topological polar surface area (TPSA) is 59.6 Å². The van der Waals surface area contributed by atoms with E-state index in [4.69, 9.17) is 9.47 Å². The van der Waals surface area contributed by atoms with Crippen LogP contribution < -0.4 is 20.1 Å². The number of ether oxygens (including phenoxy) is 2. The first kappa shape index (κ1) is 17.6. The van der Waals surface area contributed by atoms with E-state index < -0.39 is 0 Å². The first-order valence-corrected chi connectivity index (χ1v) is 6.92. The summed E-state index contributed by atoms with van der Waals surface area (Å²) < 4.78 is 10.5. The Morgan fingerprint density at radius 3 is 2.48 bits per heavy atom. The van der Waals surface area contributed by atoms with Crippen LogP contribution in [0.3, 0.4) is 0 Å². The van der Waals surface area contributed by atoms with Gasteiger partial charge in [-0.3, -0.25) is 4.79 Å². The Morgan fingerprint density at radius 1 is 1.24 bits per heavy atom. The monoisotopic (exact) mass is 314 g/mol. The maximum absolute atomic E-state index is 12.2. The molecule has 1 aromatic carbocycles. The molecular formula is C15H23ClN2O3. The molecule has 5 nitrogen and oxygen atoms in total. The summed E-state index contributed by atoms with van der Waals surface area (Å²) in [5.74, 6) is 1.30. The second kappa shape index (κ2) is 8.10. The van der Waals surface area contributed by atoms with Gasteiger partial charge in [0.15, 0.2) is 11.5 Å². The molecule has 1 atom stereocenters. The van der Waals surface area contributed by atoms with E-state index in [-0.39, 0.29) is 24.4 Å². The molecule has 0 aliphatic carbocycles.